The maximum Gasteiger partial charge on any atom is 0.436 e. The van der Waals surface area contributed by atoms with E-state index in [9.17, 15) is 13.2 Å². The molecule has 1 unspecified atom stereocenters. The van der Waals surface area contributed by atoms with Crippen LogP contribution in [0.1, 0.15) is 6.92 Å². The summed E-state index contributed by atoms with van der Waals surface area (Å²) >= 11 is 0. The van der Waals surface area contributed by atoms with Crippen LogP contribution in [0.2, 0.25) is 0 Å². The van der Waals surface area contributed by atoms with Crippen molar-refractivity contribution in [1.29, 1.82) is 5.26 Å². The fourth-order valence-electron chi connectivity index (χ4n) is 0.829. The molecule has 0 aromatic carbocycles. The standard InChI is InChI=1S/C6H4F3N3O/c1-5(13)3(2-10)4(11-12-5)6(7,8)9/h13H,1H3. The van der Waals surface area contributed by atoms with Crippen molar-refractivity contribution in [2.45, 2.75) is 18.8 Å². The molecule has 0 aromatic heterocycles. The number of azo groups is 1. The molecule has 1 rings (SSSR count). The summed E-state index contributed by atoms with van der Waals surface area (Å²) in [5, 5.41) is 23.1. The quantitative estimate of drug-likeness (QED) is 0.630. The van der Waals surface area contributed by atoms with Gasteiger partial charge in [0, 0.05) is 0 Å². The van der Waals surface area contributed by atoms with Gasteiger partial charge >= 0.3 is 6.18 Å². The van der Waals surface area contributed by atoms with E-state index in [1.54, 1.807) is 0 Å². The lowest BCUT2D eigenvalue weighted by Crippen LogP contribution is -2.23. The summed E-state index contributed by atoms with van der Waals surface area (Å²) in [7, 11) is 0. The number of nitrogens with zero attached hydrogens (tertiary/aromatic N) is 3. The van der Waals surface area contributed by atoms with Crippen molar-refractivity contribution in [2.75, 3.05) is 0 Å². The topological polar surface area (TPSA) is 68.7 Å². The van der Waals surface area contributed by atoms with E-state index in [-0.39, 0.29) is 0 Å². The minimum atomic E-state index is -4.75. The molecule has 1 atom stereocenters. The number of hydrogen-bond donors (Lipinski definition) is 1. The molecule has 0 saturated heterocycles. The first-order chi connectivity index (χ1) is 5.79. The summed E-state index contributed by atoms with van der Waals surface area (Å²) in [4.78, 5) is 0. The Balaban J connectivity index is 3.26. The van der Waals surface area contributed by atoms with Crippen molar-refractivity contribution in [3.05, 3.63) is 11.3 Å². The molecular weight excluding hydrogens is 187 g/mol. The Kier molecular flexibility index (Phi) is 1.88. The molecule has 4 nitrogen and oxygen atoms in total. The molecule has 1 heterocycles. The highest BCUT2D eigenvalue weighted by Crippen LogP contribution is 2.38. The van der Waals surface area contributed by atoms with Gasteiger partial charge in [-0.2, -0.15) is 18.4 Å². The second kappa shape index (κ2) is 2.53. The van der Waals surface area contributed by atoms with Crippen LogP contribution in [0.3, 0.4) is 0 Å². The van der Waals surface area contributed by atoms with E-state index >= 15 is 0 Å². The Hall–Kier alpha value is -1.42. The van der Waals surface area contributed by atoms with Gasteiger partial charge in [0.25, 0.3) is 0 Å². The molecule has 0 amide bonds. The molecule has 0 aromatic rings. The molecule has 1 aliphatic heterocycles. The lowest BCUT2D eigenvalue weighted by atomic mass is 10.1. The minimum Gasteiger partial charge on any atom is -0.364 e. The molecular formula is C6H4F3N3O. The largest absolute Gasteiger partial charge is 0.436 e. The summed E-state index contributed by atoms with van der Waals surface area (Å²) < 4.78 is 36.2. The highest BCUT2D eigenvalue weighted by atomic mass is 19.4. The number of alkyl halides is 3. The third-order valence-electron chi connectivity index (χ3n) is 1.44. The van der Waals surface area contributed by atoms with E-state index in [2.05, 4.69) is 10.2 Å². The monoisotopic (exact) mass is 191 g/mol. The van der Waals surface area contributed by atoms with Crippen LogP contribution < -0.4 is 0 Å². The first-order valence-electron chi connectivity index (χ1n) is 3.16. The zero-order chi connectivity index (χ0) is 10.3. The molecule has 1 N–H and O–H groups in total. The summed E-state index contributed by atoms with van der Waals surface area (Å²) in [5.74, 6) is 0. The predicted molar refractivity (Wildman–Crippen MR) is 34.2 cm³/mol. The first-order valence-corrected chi connectivity index (χ1v) is 3.16. The molecule has 0 bridgehead atoms. The van der Waals surface area contributed by atoms with E-state index in [4.69, 9.17) is 10.4 Å². The van der Waals surface area contributed by atoms with Gasteiger partial charge in [-0.1, -0.05) is 0 Å². The van der Waals surface area contributed by atoms with E-state index in [0.29, 0.717) is 0 Å². The molecule has 0 fully saturated rings. The van der Waals surface area contributed by atoms with Gasteiger partial charge in [0.2, 0.25) is 5.72 Å². The van der Waals surface area contributed by atoms with Crippen LogP contribution in [0.15, 0.2) is 21.5 Å². The Labute approximate surface area is 71.0 Å². The molecule has 0 spiro atoms. The van der Waals surface area contributed by atoms with Crippen molar-refractivity contribution in [3.8, 4) is 6.07 Å². The fraction of sp³-hybridized carbons (Fsp3) is 0.500. The summed E-state index contributed by atoms with van der Waals surface area (Å²) in [6.45, 7) is 0.966. The van der Waals surface area contributed by atoms with Crippen LogP contribution >= 0.6 is 0 Å². The summed E-state index contributed by atoms with van der Waals surface area (Å²) in [6.07, 6.45) is -4.75. The van der Waals surface area contributed by atoms with Gasteiger partial charge < -0.3 is 5.11 Å². The second-order valence-corrected chi connectivity index (χ2v) is 2.55. The summed E-state index contributed by atoms with van der Waals surface area (Å²) in [5.41, 5.74) is -4.46. The van der Waals surface area contributed by atoms with Crippen LogP contribution in [0.5, 0.6) is 0 Å². The van der Waals surface area contributed by atoms with Crippen molar-refractivity contribution < 1.29 is 18.3 Å². The van der Waals surface area contributed by atoms with Crippen LogP contribution in [0, 0.1) is 11.3 Å². The molecule has 1 aliphatic rings. The summed E-state index contributed by atoms with van der Waals surface area (Å²) in [6, 6.07) is 1.23. The number of nitriles is 1. The minimum absolute atomic E-state index is 0.875. The van der Waals surface area contributed by atoms with E-state index in [1.807, 2.05) is 0 Å². The third kappa shape index (κ3) is 1.53. The number of halogens is 3. The lowest BCUT2D eigenvalue weighted by molar-refractivity contribution is -0.0932. The normalized spacial score (nSPS) is 28.0. The maximum absolute atomic E-state index is 12.1. The van der Waals surface area contributed by atoms with E-state index < -0.39 is 23.2 Å². The van der Waals surface area contributed by atoms with Crippen LogP contribution in [0.4, 0.5) is 13.2 Å². The van der Waals surface area contributed by atoms with Gasteiger partial charge in [-0.05, 0) is 6.92 Å². The predicted octanol–water partition coefficient (Wildman–Crippen LogP) is 1.50. The maximum atomic E-state index is 12.1. The smallest absolute Gasteiger partial charge is 0.364 e. The van der Waals surface area contributed by atoms with Gasteiger partial charge in [0.1, 0.15) is 11.6 Å². The lowest BCUT2D eigenvalue weighted by Gasteiger charge is -2.10. The number of allylic oxidation sites excluding steroid dienone is 1. The second-order valence-electron chi connectivity index (χ2n) is 2.55. The number of aliphatic hydroxyl groups is 1. The van der Waals surface area contributed by atoms with Crippen molar-refractivity contribution in [3.63, 3.8) is 0 Å². The van der Waals surface area contributed by atoms with Crippen LogP contribution in [-0.2, 0) is 0 Å². The molecule has 70 valence electrons. The SMILES string of the molecule is CC1(O)N=NC(C(F)(F)F)=C1C#N. The van der Waals surface area contributed by atoms with E-state index in [1.165, 1.54) is 6.07 Å². The first kappa shape index (κ1) is 9.67. The highest BCUT2D eigenvalue weighted by molar-refractivity contribution is 5.39. The van der Waals surface area contributed by atoms with Gasteiger partial charge in [-0.3, -0.25) is 0 Å². The van der Waals surface area contributed by atoms with Gasteiger partial charge in [-0.15, -0.1) is 10.2 Å². The highest BCUT2D eigenvalue weighted by Gasteiger charge is 2.46. The average molecular weight is 191 g/mol. The third-order valence-corrected chi connectivity index (χ3v) is 1.44. The van der Waals surface area contributed by atoms with Crippen molar-refractivity contribution in [2.24, 2.45) is 10.2 Å². The Bertz CT molecular complexity index is 334. The van der Waals surface area contributed by atoms with Crippen molar-refractivity contribution >= 4 is 0 Å². The molecule has 13 heavy (non-hydrogen) atoms. The molecule has 7 heteroatoms. The van der Waals surface area contributed by atoms with Gasteiger partial charge in [-0.25, -0.2) is 0 Å². The van der Waals surface area contributed by atoms with E-state index in [0.717, 1.165) is 6.92 Å². The Morgan fingerprint density at radius 2 is 2.08 bits per heavy atom. The van der Waals surface area contributed by atoms with Crippen LogP contribution in [-0.4, -0.2) is 17.0 Å². The zero-order valence-corrected chi connectivity index (χ0v) is 6.42. The van der Waals surface area contributed by atoms with Gasteiger partial charge in [0.15, 0.2) is 5.70 Å². The number of rotatable bonds is 0. The fourth-order valence-corrected chi connectivity index (χ4v) is 0.829. The van der Waals surface area contributed by atoms with Gasteiger partial charge in [0.05, 0.1) is 0 Å². The average Bonchev–Trinajstić information content (AvgIpc) is 2.23. The Morgan fingerprint density at radius 1 is 1.54 bits per heavy atom. The molecule has 0 aliphatic carbocycles. The number of hydrogen-bond acceptors (Lipinski definition) is 4. The molecule has 0 radical (unpaired) electrons. The zero-order valence-electron chi connectivity index (χ0n) is 6.42. The molecule has 0 saturated carbocycles. The Morgan fingerprint density at radius 3 is 2.38 bits per heavy atom. The van der Waals surface area contributed by atoms with Crippen molar-refractivity contribution in [1.82, 2.24) is 0 Å². The van der Waals surface area contributed by atoms with Crippen LogP contribution in [0.25, 0.3) is 0 Å².